The highest BCUT2D eigenvalue weighted by Crippen LogP contribution is 2.23. The van der Waals surface area contributed by atoms with Crippen molar-refractivity contribution in [3.63, 3.8) is 0 Å². The molecule has 0 spiro atoms. The van der Waals surface area contributed by atoms with Gasteiger partial charge in [0.15, 0.2) is 0 Å². The number of thioether (sulfide) groups is 1. The summed E-state index contributed by atoms with van der Waals surface area (Å²) in [6, 6.07) is 21.4. The van der Waals surface area contributed by atoms with Crippen LogP contribution in [0.25, 0.3) is 0 Å². The molecule has 1 unspecified atom stereocenters. The fourth-order valence-electron chi connectivity index (χ4n) is 2.62. The molecule has 0 aromatic heterocycles. The van der Waals surface area contributed by atoms with Gasteiger partial charge in [0.1, 0.15) is 0 Å². The molecule has 0 aliphatic rings. The molecule has 0 heterocycles. The van der Waals surface area contributed by atoms with E-state index in [-0.39, 0.29) is 0 Å². The first kappa shape index (κ1) is 17.9. The van der Waals surface area contributed by atoms with Crippen molar-refractivity contribution in [2.45, 2.75) is 50.0 Å². The maximum atomic E-state index is 3.60. The maximum absolute atomic E-state index is 3.60. The second-order valence-corrected chi connectivity index (χ2v) is 7.30. The molecule has 0 saturated heterocycles. The van der Waals surface area contributed by atoms with Crippen LogP contribution in [0.15, 0.2) is 60.7 Å². The minimum absolute atomic E-state index is 0.673. The quantitative estimate of drug-likeness (QED) is 0.481. The van der Waals surface area contributed by atoms with E-state index in [1.54, 1.807) is 0 Å². The van der Waals surface area contributed by atoms with Gasteiger partial charge in [-0.1, -0.05) is 81.1 Å². The molecule has 0 bridgehead atoms. The van der Waals surface area contributed by atoms with E-state index in [4.69, 9.17) is 0 Å². The summed E-state index contributed by atoms with van der Waals surface area (Å²) in [5, 5.41) is 4.27. The van der Waals surface area contributed by atoms with Gasteiger partial charge in [0.25, 0.3) is 0 Å². The molecule has 1 atom stereocenters. The second-order valence-electron chi connectivity index (χ2n) is 6.01. The van der Waals surface area contributed by atoms with Gasteiger partial charge in [0, 0.05) is 23.2 Å². The first-order valence-electron chi connectivity index (χ1n) is 8.83. The molecule has 2 aromatic rings. The summed E-state index contributed by atoms with van der Waals surface area (Å²) < 4.78 is 0. The molecule has 2 aromatic carbocycles. The standard InChI is InChI=1S/C21H29NS/c1-2-3-4-11-16-21(17-22-20-14-9-6-10-15-20)23-18-19-12-7-5-8-13-19/h5-10,12-15,21-22H,2-4,11,16-18H2,1H3. The van der Waals surface area contributed by atoms with E-state index in [0.29, 0.717) is 5.25 Å². The lowest BCUT2D eigenvalue weighted by Gasteiger charge is -2.18. The predicted octanol–water partition coefficient (Wildman–Crippen LogP) is 6.37. The molecule has 0 aliphatic heterocycles. The molecule has 0 fully saturated rings. The Labute approximate surface area is 145 Å². The summed E-state index contributed by atoms with van der Waals surface area (Å²) in [5.41, 5.74) is 2.65. The van der Waals surface area contributed by atoms with E-state index in [9.17, 15) is 0 Å². The monoisotopic (exact) mass is 327 g/mol. The number of anilines is 1. The van der Waals surface area contributed by atoms with Crippen LogP contribution < -0.4 is 5.32 Å². The summed E-state index contributed by atoms with van der Waals surface area (Å²) in [6.45, 7) is 3.33. The van der Waals surface area contributed by atoms with Crippen LogP contribution in [0.3, 0.4) is 0 Å². The molecular weight excluding hydrogens is 298 g/mol. The Morgan fingerprint density at radius 3 is 2.26 bits per heavy atom. The predicted molar refractivity (Wildman–Crippen MR) is 105 cm³/mol. The maximum Gasteiger partial charge on any atom is 0.0340 e. The minimum Gasteiger partial charge on any atom is -0.384 e. The molecule has 0 radical (unpaired) electrons. The van der Waals surface area contributed by atoms with Crippen molar-refractivity contribution in [3.05, 3.63) is 66.2 Å². The largest absolute Gasteiger partial charge is 0.384 e. The second kappa shape index (κ2) is 11.2. The van der Waals surface area contributed by atoms with Gasteiger partial charge in [0.05, 0.1) is 0 Å². The number of hydrogen-bond donors (Lipinski definition) is 1. The molecule has 124 valence electrons. The van der Waals surface area contributed by atoms with Gasteiger partial charge >= 0.3 is 0 Å². The van der Waals surface area contributed by atoms with E-state index >= 15 is 0 Å². The van der Waals surface area contributed by atoms with Crippen LogP contribution in [-0.2, 0) is 5.75 Å². The van der Waals surface area contributed by atoms with Crippen molar-refractivity contribution < 1.29 is 0 Å². The minimum atomic E-state index is 0.673. The summed E-state index contributed by atoms with van der Waals surface area (Å²) in [5.74, 6) is 1.11. The van der Waals surface area contributed by atoms with Crippen molar-refractivity contribution in [2.24, 2.45) is 0 Å². The normalized spacial score (nSPS) is 12.0. The Morgan fingerprint density at radius 1 is 0.870 bits per heavy atom. The van der Waals surface area contributed by atoms with E-state index in [0.717, 1.165) is 12.3 Å². The number of hydrogen-bond acceptors (Lipinski definition) is 2. The third-order valence-corrected chi connectivity index (χ3v) is 5.39. The van der Waals surface area contributed by atoms with E-state index < -0.39 is 0 Å². The summed E-state index contributed by atoms with van der Waals surface area (Å²) in [4.78, 5) is 0. The van der Waals surface area contributed by atoms with Gasteiger partial charge in [0.2, 0.25) is 0 Å². The average Bonchev–Trinajstić information content (AvgIpc) is 2.62. The van der Waals surface area contributed by atoms with Gasteiger partial charge in [-0.2, -0.15) is 11.8 Å². The Bertz CT molecular complexity index is 468. The highest BCUT2D eigenvalue weighted by molar-refractivity contribution is 7.99. The summed E-state index contributed by atoms with van der Waals surface area (Å²) in [7, 11) is 0. The van der Waals surface area contributed by atoms with Crippen LogP contribution in [0.4, 0.5) is 5.69 Å². The Kier molecular flexibility index (Phi) is 8.72. The van der Waals surface area contributed by atoms with Gasteiger partial charge in [-0.3, -0.25) is 0 Å². The molecular formula is C21H29NS. The smallest absolute Gasteiger partial charge is 0.0340 e. The van der Waals surface area contributed by atoms with Crippen LogP contribution in [0.5, 0.6) is 0 Å². The molecule has 1 nitrogen and oxygen atoms in total. The Balaban J connectivity index is 1.80. The molecule has 0 aliphatic carbocycles. The third kappa shape index (κ3) is 7.60. The zero-order valence-electron chi connectivity index (χ0n) is 14.2. The highest BCUT2D eigenvalue weighted by Gasteiger charge is 2.09. The van der Waals surface area contributed by atoms with Gasteiger partial charge in [-0.15, -0.1) is 0 Å². The van der Waals surface area contributed by atoms with Crippen molar-refractivity contribution >= 4 is 17.4 Å². The molecule has 2 heteroatoms. The molecule has 0 amide bonds. The zero-order valence-corrected chi connectivity index (χ0v) is 15.0. The Hall–Kier alpha value is -1.41. The van der Waals surface area contributed by atoms with Gasteiger partial charge in [-0.05, 0) is 24.1 Å². The zero-order chi connectivity index (χ0) is 16.2. The van der Waals surface area contributed by atoms with Crippen molar-refractivity contribution in [2.75, 3.05) is 11.9 Å². The van der Waals surface area contributed by atoms with Crippen LogP contribution in [0.2, 0.25) is 0 Å². The van der Waals surface area contributed by atoms with Crippen molar-refractivity contribution in [1.82, 2.24) is 0 Å². The van der Waals surface area contributed by atoms with Crippen LogP contribution in [0.1, 0.15) is 44.6 Å². The fraction of sp³-hybridized carbons (Fsp3) is 0.429. The SMILES string of the molecule is CCCCCCC(CNc1ccccc1)SCc1ccccc1. The van der Waals surface area contributed by atoms with Crippen molar-refractivity contribution in [3.8, 4) is 0 Å². The van der Waals surface area contributed by atoms with Crippen molar-refractivity contribution in [1.29, 1.82) is 0 Å². The van der Waals surface area contributed by atoms with E-state index in [1.165, 1.54) is 43.4 Å². The lowest BCUT2D eigenvalue weighted by molar-refractivity contribution is 0.624. The van der Waals surface area contributed by atoms with E-state index in [1.807, 2.05) is 0 Å². The number of rotatable bonds is 11. The molecule has 23 heavy (non-hydrogen) atoms. The average molecular weight is 328 g/mol. The fourth-order valence-corrected chi connectivity index (χ4v) is 3.77. The van der Waals surface area contributed by atoms with Crippen LogP contribution in [0, 0.1) is 0 Å². The number of unbranched alkanes of at least 4 members (excludes halogenated alkanes) is 3. The number of nitrogens with one attached hydrogen (secondary N) is 1. The molecule has 1 N–H and O–H groups in total. The topological polar surface area (TPSA) is 12.0 Å². The number of para-hydroxylation sites is 1. The lowest BCUT2D eigenvalue weighted by Crippen LogP contribution is -2.17. The van der Waals surface area contributed by atoms with E-state index in [2.05, 4.69) is 84.7 Å². The van der Waals surface area contributed by atoms with Crippen LogP contribution >= 0.6 is 11.8 Å². The first-order chi connectivity index (χ1) is 11.4. The van der Waals surface area contributed by atoms with Gasteiger partial charge < -0.3 is 5.32 Å². The van der Waals surface area contributed by atoms with Gasteiger partial charge in [-0.25, -0.2) is 0 Å². The lowest BCUT2D eigenvalue weighted by atomic mass is 10.1. The number of benzene rings is 2. The third-order valence-electron chi connectivity index (χ3n) is 4.02. The first-order valence-corrected chi connectivity index (χ1v) is 9.88. The highest BCUT2D eigenvalue weighted by atomic mass is 32.2. The summed E-state index contributed by atoms with van der Waals surface area (Å²) in [6.07, 6.45) is 6.69. The molecule has 2 rings (SSSR count). The molecule has 0 saturated carbocycles. The summed E-state index contributed by atoms with van der Waals surface area (Å²) >= 11 is 2.09. The Morgan fingerprint density at radius 2 is 1.57 bits per heavy atom. The van der Waals surface area contributed by atoms with Crippen LogP contribution in [-0.4, -0.2) is 11.8 Å².